The van der Waals surface area contributed by atoms with Gasteiger partial charge in [0.25, 0.3) is 11.8 Å². The predicted octanol–water partition coefficient (Wildman–Crippen LogP) is 1.49. The molecule has 27 heavy (non-hydrogen) atoms. The smallest absolute Gasteiger partial charge is 0.276 e. The fraction of sp³-hybridized carbons (Fsp3) is 0.353. The number of nitrogens with one attached hydrogen (secondary N) is 2. The van der Waals surface area contributed by atoms with Crippen molar-refractivity contribution in [1.82, 2.24) is 29.3 Å². The van der Waals surface area contributed by atoms with E-state index in [4.69, 9.17) is 0 Å². The fourth-order valence-corrected chi connectivity index (χ4v) is 2.77. The number of aryl methyl sites for hydroxylation is 4. The monoisotopic (exact) mass is 370 g/mol. The first-order valence-corrected chi connectivity index (χ1v) is 8.49. The highest BCUT2D eigenvalue weighted by Crippen LogP contribution is 2.20. The van der Waals surface area contributed by atoms with Crippen LogP contribution in [0.3, 0.4) is 0 Å². The zero-order valence-electron chi connectivity index (χ0n) is 15.9. The molecule has 0 atom stereocenters. The molecule has 0 spiro atoms. The van der Waals surface area contributed by atoms with E-state index in [1.807, 2.05) is 13.8 Å². The van der Waals surface area contributed by atoms with E-state index in [2.05, 4.69) is 25.9 Å². The standard InChI is InChI=1S/C17H22N8O2/c1-6-25-15(17(27)20-12-8-18-23(4)11(12)3)13(9-19-25)21-16(26)14-7-10(2)22-24(14)5/h7-9H,6H2,1-5H3,(H,20,27)(H,21,26). The third-order valence-electron chi connectivity index (χ3n) is 4.32. The van der Waals surface area contributed by atoms with E-state index in [-0.39, 0.29) is 17.5 Å². The van der Waals surface area contributed by atoms with Crippen molar-refractivity contribution in [3.63, 3.8) is 0 Å². The van der Waals surface area contributed by atoms with Gasteiger partial charge in [0.1, 0.15) is 11.4 Å². The average molecular weight is 370 g/mol. The van der Waals surface area contributed by atoms with Crippen LogP contribution in [0.4, 0.5) is 11.4 Å². The Balaban J connectivity index is 1.88. The van der Waals surface area contributed by atoms with Gasteiger partial charge in [0.05, 0.1) is 35.2 Å². The maximum Gasteiger partial charge on any atom is 0.276 e. The summed E-state index contributed by atoms with van der Waals surface area (Å²) < 4.78 is 4.69. The fourth-order valence-electron chi connectivity index (χ4n) is 2.77. The largest absolute Gasteiger partial charge is 0.318 e. The summed E-state index contributed by atoms with van der Waals surface area (Å²) in [6.45, 7) is 6.01. The lowest BCUT2D eigenvalue weighted by Crippen LogP contribution is -2.22. The number of aromatic nitrogens is 6. The molecular formula is C17H22N8O2. The van der Waals surface area contributed by atoms with E-state index in [0.29, 0.717) is 23.6 Å². The molecule has 3 heterocycles. The molecule has 0 saturated heterocycles. The van der Waals surface area contributed by atoms with Crippen LogP contribution in [0.25, 0.3) is 0 Å². The molecule has 0 aromatic carbocycles. The van der Waals surface area contributed by atoms with Crippen LogP contribution >= 0.6 is 0 Å². The van der Waals surface area contributed by atoms with Crippen molar-refractivity contribution < 1.29 is 9.59 Å². The molecule has 3 aromatic rings. The third-order valence-corrected chi connectivity index (χ3v) is 4.32. The molecule has 0 aliphatic rings. The highest BCUT2D eigenvalue weighted by Gasteiger charge is 2.22. The van der Waals surface area contributed by atoms with Crippen molar-refractivity contribution in [2.45, 2.75) is 27.3 Å². The van der Waals surface area contributed by atoms with Gasteiger partial charge >= 0.3 is 0 Å². The first-order valence-electron chi connectivity index (χ1n) is 8.49. The minimum Gasteiger partial charge on any atom is -0.318 e. The Morgan fingerprint density at radius 1 is 1.00 bits per heavy atom. The van der Waals surface area contributed by atoms with Crippen LogP contribution in [0.2, 0.25) is 0 Å². The SMILES string of the molecule is CCn1ncc(NC(=O)c2cc(C)nn2C)c1C(=O)Nc1cnn(C)c1C. The second-order valence-corrected chi connectivity index (χ2v) is 6.19. The third kappa shape index (κ3) is 3.46. The van der Waals surface area contributed by atoms with Crippen LogP contribution in [0, 0.1) is 13.8 Å². The number of amides is 2. The lowest BCUT2D eigenvalue weighted by Gasteiger charge is -2.10. The van der Waals surface area contributed by atoms with E-state index in [9.17, 15) is 9.59 Å². The zero-order valence-corrected chi connectivity index (χ0v) is 15.9. The summed E-state index contributed by atoms with van der Waals surface area (Å²) in [7, 11) is 3.49. The molecule has 0 radical (unpaired) electrons. The van der Waals surface area contributed by atoms with Crippen molar-refractivity contribution in [2.75, 3.05) is 10.6 Å². The summed E-state index contributed by atoms with van der Waals surface area (Å²) in [6.07, 6.45) is 3.05. The van der Waals surface area contributed by atoms with Gasteiger partial charge in [0.15, 0.2) is 0 Å². The quantitative estimate of drug-likeness (QED) is 0.707. The molecule has 0 aliphatic carbocycles. The van der Waals surface area contributed by atoms with E-state index in [1.165, 1.54) is 15.6 Å². The molecule has 2 amide bonds. The summed E-state index contributed by atoms with van der Waals surface area (Å²) >= 11 is 0. The second kappa shape index (κ2) is 7.06. The Kier molecular flexibility index (Phi) is 4.80. The van der Waals surface area contributed by atoms with Gasteiger partial charge in [-0.15, -0.1) is 0 Å². The maximum atomic E-state index is 12.8. The van der Waals surface area contributed by atoms with Crippen molar-refractivity contribution >= 4 is 23.2 Å². The van der Waals surface area contributed by atoms with E-state index >= 15 is 0 Å². The number of carbonyl (C=O) groups is 2. The Morgan fingerprint density at radius 3 is 2.22 bits per heavy atom. The first kappa shape index (κ1) is 18.4. The van der Waals surface area contributed by atoms with Gasteiger partial charge in [-0.1, -0.05) is 0 Å². The van der Waals surface area contributed by atoms with Crippen molar-refractivity contribution in [2.24, 2.45) is 14.1 Å². The summed E-state index contributed by atoms with van der Waals surface area (Å²) in [5.74, 6) is -0.734. The van der Waals surface area contributed by atoms with Gasteiger partial charge in [-0.05, 0) is 26.8 Å². The van der Waals surface area contributed by atoms with Gasteiger partial charge in [0, 0.05) is 20.6 Å². The molecule has 2 N–H and O–H groups in total. The van der Waals surface area contributed by atoms with Gasteiger partial charge in [-0.25, -0.2) is 0 Å². The topological polar surface area (TPSA) is 112 Å². The minimum absolute atomic E-state index is 0.271. The molecule has 0 fully saturated rings. The molecule has 0 unspecified atom stereocenters. The van der Waals surface area contributed by atoms with Crippen LogP contribution in [0.5, 0.6) is 0 Å². The number of carbonyl (C=O) groups excluding carboxylic acids is 2. The van der Waals surface area contributed by atoms with Gasteiger partial charge in [-0.3, -0.25) is 23.6 Å². The second-order valence-electron chi connectivity index (χ2n) is 6.19. The van der Waals surface area contributed by atoms with Crippen molar-refractivity contribution in [3.05, 3.63) is 41.2 Å². The molecule has 0 aliphatic heterocycles. The number of hydrogen-bond donors (Lipinski definition) is 2. The summed E-state index contributed by atoms with van der Waals surface area (Å²) in [5, 5.41) is 18.1. The lowest BCUT2D eigenvalue weighted by molar-refractivity contribution is 0.101. The first-order chi connectivity index (χ1) is 12.8. The normalized spacial score (nSPS) is 10.9. The summed E-state index contributed by atoms with van der Waals surface area (Å²) in [4.78, 5) is 25.4. The predicted molar refractivity (Wildman–Crippen MR) is 99.7 cm³/mol. The summed E-state index contributed by atoms with van der Waals surface area (Å²) in [5.41, 5.74) is 3.16. The van der Waals surface area contributed by atoms with Crippen molar-refractivity contribution in [1.29, 1.82) is 0 Å². The van der Waals surface area contributed by atoms with Gasteiger partial charge < -0.3 is 10.6 Å². The lowest BCUT2D eigenvalue weighted by atomic mass is 10.3. The number of anilines is 2. The van der Waals surface area contributed by atoms with Crippen LogP contribution in [-0.4, -0.2) is 41.2 Å². The Labute approximate surface area is 156 Å². The van der Waals surface area contributed by atoms with Crippen LogP contribution in [0.1, 0.15) is 39.3 Å². The van der Waals surface area contributed by atoms with Crippen LogP contribution in [0.15, 0.2) is 18.5 Å². The van der Waals surface area contributed by atoms with E-state index in [1.54, 1.807) is 38.0 Å². The number of rotatable bonds is 5. The molecule has 142 valence electrons. The highest BCUT2D eigenvalue weighted by atomic mass is 16.2. The molecule has 3 aromatic heterocycles. The Hall–Kier alpha value is -3.43. The van der Waals surface area contributed by atoms with Gasteiger partial charge in [-0.2, -0.15) is 15.3 Å². The molecule has 10 nitrogen and oxygen atoms in total. The van der Waals surface area contributed by atoms with Crippen LogP contribution in [-0.2, 0) is 20.6 Å². The van der Waals surface area contributed by atoms with Crippen molar-refractivity contribution in [3.8, 4) is 0 Å². The molecule has 10 heteroatoms. The zero-order chi connectivity index (χ0) is 19.7. The Morgan fingerprint density at radius 2 is 1.67 bits per heavy atom. The van der Waals surface area contributed by atoms with E-state index < -0.39 is 0 Å². The Bertz CT molecular complexity index is 1010. The molecular weight excluding hydrogens is 348 g/mol. The molecule has 0 saturated carbocycles. The maximum absolute atomic E-state index is 12.8. The average Bonchev–Trinajstić information content (AvgIpc) is 3.27. The number of nitrogens with zero attached hydrogens (tertiary/aromatic N) is 6. The van der Waals surface area contributed by atoms with Gasteiger partial charge in [0.2, 0.25) is 0 Å². The van der Waals surface area contributed by atoms with E-state index in [0.717, 1.165) is 11.4 Å². The highest BCUT2D eigenvalue weighted by molar-refractivity contribution is 6.11. The van der Waals surface area contributed by atoms with Crippen LogP contribution < -0.4 is 10.6 Å². The molecule has 3 rings (SSSR count). The molecule has 0 bridgehead atoms. The summed E-state index contributed by atoms with van der Waals surface area (Å²) in [6, 6.07) is 1.68. The number of hydrogen-bond acceptors (Lipinski definition) is 5. The minimum atomic E-state index is -0.373.